The number of amides is 1. The summed E-state index contributed by atoms with van der Waals surface area (Å²) in [4.78, 5) is 16.7. The smallest absolute Gasteiger partial charge is 0.257 e. The van der Waals surface area contributed by atoms with E-state index in [0.717, 1.165) is 31.5 Å². The Kier molecular flexibility index (Phi) is 3.98. The van der Waals surface area contributed by atoms with Gasteiger partial charge in [0, 0.05) is 19.1 Å². The molecule has 0 bridgehead atoms. The topological polar surface area (TPSA) is 23.6 Å². The molecule has 3 nitrogen and oxygen atoms in total. The molecular weight excluding hydrogens is 279 g/mol. The van der Waals surface area contributed by atoms with Crippen LogP contribution in [0.5, 0.6) is 0 Å². The van der Waals surface area contributed by atoms with Crippen LogP contribution in [0.2, 0.25) is 0 Å². The van der Waals surface area contributed by atoms with Gasteiger partial charge in [0.1, 0.15) is 5.82 Å². The summed E-state index contributed by atoms with van der Waals surface area (Å²) >= 11 is 0. The molecule has 1 aromatic rings. The predicted molar refractivity (Wildman–Crippen MR) is 85.4 cm³/mol. The first-order chi connectivity index (χ1) is 10.4. The number of rotatable bonds is 2. The van der Waals surface area contributed by atoms with Crippen molar-refractivity contribution in [1.29, 1.82) is 0 Å². The van der Waals surface area contributed by atoms with Crippen molar-refractivity contribution in [2.24, 2.45) is 5.41 Å². The van der Waals surface area contributed by atoms with Crippen LogP contribution < -0.4 is 0 Å². The zero-order valence-corrected chi connectivity index (χ0v) is 13.7. The molecule has 1 heterocycles. The van der Waals surface area contributed by atoms with Crippen LogP contribution >= 0.6 is 0 Å². The van der Waals surface area contributed by atoms with Gasteiger partial charge in [-0.1, -0.05) is 12.1 Å². The normalized spacial score (nSPS) is 21.2. The van der Waals surface area contributed by atoms with E-state index >= 15 is 0 Å². The van der Waals surface area contributed by atoms with Crippen molar-refractivity contribution in [1.82, 2.24) is 9.80 Å². The van der Waals surface area contributed by atoms with E-state index in [2.05, 4.69) is 19.0 Å². The molecule has 0 aromatic heterocycles. The fourth-order valence-corrected chi connectivity index (χ4v) is 3.96. The molecule has 3 rings (SSSR count). The van der Waals surface area contributed by atoms with Gasteiger partial charge in [-0.15, -0.1) is 0 Å². The Morgan fingerprint density at radius 2 is 1.91 bits per heavy atom. The van der Waals surface area contributed by atoms with Gasteiger partial charge in [-0.25, -0.2) is 4.39 Å². The highest BCUT2D eigenvalue weighted by Crippen LogP contribution is 2.50. The number of piperidine rings is 1. The molecule has 120 valence electrons. The third-order valence-corrected chi connectivity index (χ3v) is 5.61. The van der Waals surface area contributed by atoms with E-state index in [9.17, 15) is 9.18 Å². The second-order valence-corrected chi connectivity index (χ2v) is 7.25. The van der Waals surface area contributed by atoms with E-state index in [0.29, 0.717) is 11.5 Å². The molecule has 1 saturated carbocycles. The average Bonchev–Trinajstić information content (AvgIpc) is 2.44. The zero-order valence-electron chi connectivity index (χ0n) is 13.7. The Morgan fingerprint density at radius 3 is 2.45 bits per heavy atom. The Hall–Kier alpha value is -1.42. The third-order valence-electron chi connectivity index (χ3n) is 5.61. The summed E-state index contributed by atoms with van der Waals surface area (Å²) in [5, 5.41) is 0. The van der Waals surface area contributed by atoms with E-state index < -0.39 is 5.82 Å². The van der Waals surface area contributed by atoms with Crippen molar-refractivity contribution < 1.29 is 9.18 Å². The molecule has 1 spiro atoms. The van der Waals surface area contributed by atoms with Crippen LogP contribution in [-0.4, -0.2) is 48.9 Å². The standard InChI is InChI=1S/C18H25FN2O/c1-13-5-4-6-15(19)16(13)17(22)21-9-7-18(8-10-21)11-14(12-18)20(2)3/h4-6,14H,7-12H2,1-3H3. The highest BCUT2D eigenvalue weighted by molar-refractivity contribution is 5.96. The Bertz CT molecular complexity index is 548. The summed E-state index contributed by atoms with van der Waals surface area (Å²) in [6, 6.07) is 5.52. The fourth-order valence-electron chi connectivity index (χ4n) is 3.96. The maximum absolute atomic E-state index is 14.0. The van der Waals surface area contributed by atoms with Gasteiger partial charge in [0.15, 0.2) is 0 Å². The van der Waals surface area contributed by atoms with Gasteiger partial charge in [-0.2, -0.15) is 0 Å². The van der Waals surface area contributed by atoms with Crippen LogP contribution in [0.4, 0.5) is 4.39 Å². The molecule has 0 atom stereocenters. The van der Waals surface area contributed by atoms with E-state index in [4.69, 9.17) is 0 Å². The van der Waals surface area contributed by atoms with Crippen molar-refractivity contribution in [2.75, 3.05) is 27.2 Å². The maximum atomic E-state index is 14.0. The van der Waals surface area contributed by atoms with Crippen LogP contribution in [-0.2, 0) is 0 Å². The van der Waals surface area contributed by atoms with Gasteiger partial charge >= 0.3 is 0 Å². The first-order valence-corrected chi connectivity index (χ1v) is 8.13. The molecule has 0 N–H and O–H groups in total. The molecule has 2 fully saturated rings. The molecule has 1 aromatic carbocycles. The lowest BCUT2D eigenvalue weighted by Crippen LogP contribution is -2.54. The van der Waals surface area contributed by atoms with E-state index in [-0.39, 0.29) is 11.5 Å². The Balaban J connectivity index is 1.64. The fraction of sp³-hybridized carbons (Fsp3) is 0.611. The van der Waals surface area contributed by atoms with E-state index in [1.807, 2.05) is 4.90 Å². The quantitative estimate of drug-likeness (QED) is 0.838. The van der Waals surface area contributed by atoms with Crippen molar-refractivity contribution in [2.45, 2.75) is 38.6 Å². The minimum absolute atomic E-state index is 0.145. The van der Waals surface area contributed by atoms with E-state index in [1.54, 1.807) is 19.1 Å². The minimum atomic E-state index is -0.401. The Morgan fingerprint density at radius 1 is 1.27 bits per heavy atom. The molecule has 0 unspecified atom stereocenters. The summed E-state index contributed by atoms with van der Waals surface area (Å²) in [7, 11) is 4.27. The minimum Gasteiger partial charge on any atom is -0.339 e. The first-order valence-electron chi connectivity index (χ1n) is 8.13. The number of nitrogens with zero attached hydrogens (tertiary/aromatic N) is 2. The molecule has 1 saturated heterocycles. The molecule has 4 heteroatoms. The van der Waals surface area contributed by atoms with Crippen LogP contribution in [0.3, 0.4) is 0 Å². The van der Waals surface area contributed by atoms with Crippen LogP contribution in [0, 0.1) is 18.2 Å². The lowest BCUT2D eigenvalue weighted by Gasteiger charge is -2.54. The second kappa shape index (κ2) is 5.65. The van der Waals surface area contributed by atoms with Crippen molar-refractivity contribution in [3.63, 3.8) is 0 Å². The summed E-state index contributed by atoms with van der Waals surface area (Å²) in [6.07, 6.45) is 4.58. The molecule has 1 aliphatic carbocycles. The monoisotopic (exact) mass is 304 g/mol. The SMILES string of the molecule is Cc1cccc(F)c1C(=O)N1CCC2(CC1)CC(N(C)C)C2. The molecule has 1 aliphatic heterocycles. The number of carbonyl (C=O) groups excluding carboxylic acids is 1. The van der Waals surface area contributed by atoms with Crippen LogP contribution in [0.1, 0.15) is 41.6 Å². The number of aryl methyl sites for hydroxylation is 1. The number of likely N-dealkylation sites (tertiary alicyclic amines) is 1. The van der Waals surface area contributed by atoms with Crippen LogP contribution in [0.15, 0.2) is 18.2 Å². The first kappa shape index (κ1) is 15.5. The summed E-state index contributed by atoms with van der Waals surface area (Å²) in [6.45, 7) is 3.31. The number of hydrogen-bond acceptors (Lipinski definition) is 2. The summed E-state index contributed by atoms with van der Waals surface area (Å²) in [5.74, 6) is -0.546. The van der Waals surface area contributed by atoms with Gasteiger partial charge in [0.2, 0.25) is 0 Å². The third kappa shape index (κ3) is 2.65. The van der Waals surface area contributed by atoms with Crippen LogP contribution in [0.25, 0.3) is 0 Å². The van der Waals surface area contributed by atoms with Crippen molar-refractivity contribution >= 4 is 5.91 Å². The Labute approximate surface area is 132 Å². The van der Waals surface area contributed by atoms with E-state index in [1.165, 1.54) is 18.9 Å². The van der Waals surface area contributed by atoms with Crippen molar-refractivity contribution in [3.05, 3.63) is 35.1 Å². The lowest BCUT2D eigenvalue weighted by molar-refractivity contribution is -0.0232. The number of hydrogen-bond donors (Lipinski definition) is 0. The lowest BCUT2D eigenvalue weighted by atomic mass is 9.60. The highest BCUT2D eigenvalue weighted by atomic mass is 19.1. The molecular formula is C18H25FN2O. The van der Waals surface area contributed by atoms with Gasteiger partial charge < -0.3 is 9.80 Å². The number of carbonyl (C=O) groups is 1. The second-order valence-electron chi connectivity index (χ2n) is 7.25. The highest BCUT2D eigenvalue weighted by Gasteiger charge is 2.47. The summed E-state index contributed by atoms with van der Waals surface area (Å²) < 4.78 is 14.0. The number of halogens is 1. The molecule has 1 amide bonds. The molecule has 2 aliphatic rings. The number of benzene rings is 1. The largest absolute Gasteiger partial charge is 0.339 e. The zero-order chi connectivity index (χ0) is 15.9. The molecule has 22 heavy (non-hydrogen) atoms. The van der Waals surface area contributed by atoms with Gasteiger partial charge in [0.25, 0.3) is 5.91 Å². The van der Waals surface area contributed by atoms with Crippen molar-refractivity contribution in [3.8, 4) is 0 Å². The molecule has 0 radical (unpaired) electrons. The van der Waals surface area contributed by atoms with Gasteiger partial charge in [-0.3, -0.25) is 4.79 Å². The van der Waals surface area contributed by atoms with Gasteiger partial charge in [-0.05, 0) is 63.7 Å². The summed E-state index contributed by atoms with van der Waals surface area (Å²) in [5.41, 5.74) is 1.40. The predicted octanol–water partition coefficient (Wildman–Crippen LogP) is 3.08. The van der Waals surface area contributed by atoms with Gasteiger partial charge in [0.05, 0.1) is 5.56 Å². The maximum Gasteiger partial charge on any atom is 0.257 e. The average molecular weight is 304 g/mol.